The summed E-state index contributed by atoms with van der Waals surface area (Å²) in [6, 6.07) is 13.3. The van der Waals surface area contributed by atoms with Crippen molar-refractivity contribution < 1.29 is 9.90 Å². The summed E-state index contributed by atoms with van der Waals surface area (Å²) in [6.07, 6.45) is -1.06. The highest BCUT2D eigenvalue weighted by molar-refractivity contribution is 7.99. The smallest absolute Gasteiger partial charge is 0.257 e. The number of aromatic nitrogens is 2. The SMILES string of the molecule is O=C1Nc2cc(Sc3nc4ccccc4[nH]3)ccc2C1O. The first-order chi connectivity index (χ1) is 10.2. The molecule has 1 aromatic heterocycles. The number of nitrogens with one attached hydrogen (secondary N) is 2. The zero-order chi connectivity index (χ0) is 14.4. The van der Waals surface area contributed by atoms with Crippen molar-refractivity contribution in [2.45, 2.75) is 16.2 Å². The molecule has 4 rings (SSSR count). The Hall–Kier alpha value is -2.31. The molecule has 0 saturated carbocycles. The average Bonchev–Trinajstić information content (AvgIpc) is 3.00. The molecule has 0 saturated heterocycles. The van der Waals surface area contributed by atoms with E-state index in [0.717, 1.165) is 21.1 Å². The number of H-pyrrole nitrogens is 1. The summed E-state index contributed by atoms with van der Waals surface area (Å²) in [7, 11) is 0. The number of aliphatic hydroxyl groups excluding tert-OH is 1. The van der Waals surface area contributed by atoms with Crippen molar-refractivity contribution in [3.8, 4) is 0 Å². The van der Waals surface area contributed by atoms with Gasteiger partial charge in [-0.3, -0.25) is 4.79 Å². The lowest BCUT2D eigenvalue weighted by atomic mass is 10.1. The van der Waals surface area contributed by atoms with Crippen LogP contribution in [0.1, 0.15) is 11.7 Å². The molecule has 21 heavy (non-hydrogen) atoms. The number of hydrogen-bond donors (Lipinski definition) is 3. The van der Waals surface area contributed by atoms with Gasteiger partial charge in [-0.05, 0) is 24.3 Å². The summed E-state index contributed by atoms with van der Waals surface area (Å²) in [5.74, 6) is -0.379. The first-order valence-corrected chi connectivity index (χ1v) is 7.28. The summed E-state index contributed by atoms with van der Waals surface area (Å²) < 4.78 is 0. The van der Waals surface area contributed by atoms with Crippen molar-refractivity contribution in [3.63, 3.8) is 0 Å². The van der Waals surface area contributed by atoms with Gasteiger partial charge in [-0.15, -0.1) is 0 Å². The minimum Gasteiger partial charge on any atom is -0.378 e. The van der Waals surface area contributed by atoms with Crippen LogP contribution in [0.3, 0.4) is 0 Å². The maximum Gasteiger partial charge on any atom is 0.257 e. The topological polar surface area (TPSA) is 78.0 Å². The molecule has 5 nitrogen and oxygen atoms in total. The molecule has 0 bridgehead atoms. The van der Waals surface area contributed by atoms with Gasteiger partial charge >= 0.3 is 0 Å². The van der Waals surface area contributed by atoms with Crippen LogP contribution >= 0.6 is 11.8 Å². The van der Waals surface area contributed by atoms with Crippen LogP contribution in [-0.2, 0) is 4.79 Å². The van der Waals surface area contributed by atoms with Crippen molar-refractivity contribution in [2.75, 3.05) is 5.32 Å². The highest BCUT2D eigenvalue weighted by Gasteiger charge is 2.28. The van der Waals surface area contributed by atoms with E-state index < -0.39 is 6.10 Å². The predicted octanol–water partition coefficient (Wildman–Crippen LogP) is 2.70. The van der Waals surface area contributed by atoms with E-state index in [4.69, 9.17) is 0 Å². The van der Waals surface area contributed by atoms with Gasteiger partial charge < -0.3 is 15.4 Å². The Morgan fingerprint density at radius 3 is 2.90 bits per heavy atom. The molecular weight excluding hydrogens is 286 g/mol. The third-order valence-electron chi connectivity index (χ3n) is 3.41. The lowest BCUT2D eigenvalue weighted by molar-refractivity contribution is -0.123. The van der Waals surface area contributed by atoms with Gasteiger partial charge in [0, 0.05) is 16.1 Å². The van der Waals surface area contributed by atoms with Gasteiger partial charge in [-0.25, -0.2) is 4.98 Å². The zero-order valence-corrected chi connectivity index (χ0v) is 11.6. The van der Waals surface area contributed by atoms with Crippen LogP contribution in [0.4, 0.5) is 5.69 Å². The van der Waals surface area contributed by atoms with E-state index in [1.807, 2.05) is 36.4 Å². The number of carbonyl (C=O) groups is 1. The number of aromatic amines is 1. The van der Waals surface area contributed by atoms with Gasteiger partial charge in [-0.2, -0.15) is 0 Å². The molecule has 1 unspecified atom stereocenters. The van der Waals surface area contributed by atoms with Gasteiger partial charge in [0.25, 0.3) is 5.91 Å². The quantitative estimate of drug-likeness (QED) is 0.679. The fourth-order valence-electron chi connectivity index (χ4n) is 2.38. The second-order valence-corrected chi connectivity index (χ2v) is 5.86. The molecule has 1 aliphatic heterocycles. The molecule has 1 amide bonds. The number of rotatable bonds is 2. The minimum atomic E-state index is -1.06. The maximum absolute atomic E-state index is 11.4. The first kappa shape index (κ1) is 12.4. The van der Waals surface area contributed by atoms with Crippen LogP contribution in [0.5, 0.6) is 0 Å². The Labute approximate surface area is 124 Å². The van der Waals surface area contributed by atoms with Crippen LogP contribution < -0.4 is 5.32 Å². The minimum absolute atomic E-state index is 0.379. The van der Waals surface area contributed by atoms with Gasteiger partial charge in [-0.1, -0.05) is 30.0 Å². The standard InChI is InChI=1S/C15H11N3O2S/c19-13-9-6-5-8(7-12(9)16-14(13)20)21-15-17-10-3-1-2-4-11(10)18-15/h1-7,13,19H,(H,16,20)(H,17,18). The summed E-state index contributed by atoms with van der Waals surface area (Å²) in [4.78, 5) is 20.1. The lowest BCUT2D eigenvalue weighted by Crippen LogP contribution is -2.10. The van der Waals surface area contributed by atoms with E-state index in [0.29, 0.717) is 11.3 Å². The second-order valence-electron chi connectivity index (χ2n) is 4.80. The van der Waals surface area contributed by atoms with E-state index in [2.05, 4.69) is 15.3 Å². The average molecular weight is 297 g/mol. The fourth-order valence-corrected chi connectivity index (χ4v) is 3.22. The van der Waals surface area contributed by atoms with E-state index >= 15 is 0 Å². The van der Waals surface area contributed by atoms with Crippen LogP contribution in [-0.4, -0.2) is 21.0 Å². The monoisotopic (exact) mass is 297 g/mol. The first-order valence-electron chi connectivity index (χ1n) is 6.46. The number of anilines is 1. The van der Waals surface area contributed by atoms with Gasteiger partial charge in [0.15, 0.2) is 11.3 Å². The number of carbonyl (C=O) groups excluding carboxylic acids is 1. The largest absolute Gasteiger partial charge is 0.378 e. The summed E-state index contributed by atoms with van der Waals surface area (Å²) in [6.45, 7) is 0. The molecule has 0 fully saturated rings. The molecule has 2 heterocycles. The molecule has 6 heteroatoms. The number of nitrogens with zero attached hydrogens (tertiary/aromatic N) is 1. The van der Waals surface area contributed by atoms with Crippen LogP contribution in [0.25, 0.3) is 11.0 Å². The number of imidazole rings is 1. The normalized spacial score (nSPS) is 17.0. The van der Waals surface area contributed by atoms with Gasteiger partial charge in [0.1, 0.15) is 0 Å². The van der Waals surface area contributed by atoms with Crippen LogP contribution in [0.2, 0.25) is 0 Å². The highest BCUT2D eigenvalue weighted by Crippen LogP contribution is 2.36. The Balaban J connectivity index is 1.66. The van der Waals surface area contributed by atoms with Gasteiger partial charge in [0.2, 0.25) is 0 Å². The molecule has 3 N–H and O–H groups in total. The van der Waals surface area contributed by atoms with Crippen molar-refractivity contribution in [3.05, 3.63) is 48.0 Å². The van der Waals surface area contributed by atoms with E-state index in [1.54, 1.807) is 6.07 Å². The lowest BCUT2D eigenvalue weighted by Gasteiger charge is -2.03. The van der Waals surface area contributed by atoms with Crippen molar-refractivity contribution in [2.24, 2.45) is 0 Å². The van der Waals surface area contributed by atoms with Crippen molar-refractivity contribution in [1.82, 2.24) is 9.97 Å². The molecule has 0 spiro atoms. The number of hydrogen-bond acceptors (Lipinski definition) is 4. The Morgan fingerprint density at radius 2 is 2.05 bits per heavy atom. The van der Waals surface area contributed by atoms with Crippen molar-refractivity contribution in [1.29, 1.82) is 0 Å². The molecule has 1 atom stereocenters. The third-order valence-corrected chi connectivity index (χ3v) is 4.28. The Kier molecular flexibility index (Phi) is 2.73. The number of benzene rings is 2. The van der Waals surface area contributed by atoms with Crippen LogP contribution in [0.15, 0.2) is 52.5 Å². The van der Waals surface area contributed by atoms with E-state index in [1.165, 1.54) is 11.8 Å². The molecule has 0 aliphatic carbocycles. The number of para-hydroxylation sites is 2. The van der Waals surface area contributed by atoms with Crippen molar-refractivity contribution >= 4 is 34.4 Å². The summed E-state index contributed by atoms with van der Waals surface area (Å²) in [5.41, 5.74) is 3.19. The second kappa shape index (κ2) is 4.61. The number of amides is 1. The molecule has 2 aromatic carbocycles. The zero-order valence-electron chi connectivity index (χ0n) is 10.8. The third kappa shape index (κ3) is 2.09. The molecule has 3 aromatic rings. The summed E-state index contributed by atoms with van der Waals surface area (Å²) in [5, 5.41) is 13.1. The van der Waals surface area contributed by atoms with Crippen LogP contribution in [0, 0.1) is 0 Å². The highest BCUT2D eigenvalue weighted by atomic mass is 32.2. The molecular formula is C15H11N3O2S. The van der Waals surface area contributed by atoms with Gasteiger partial charge in [0.05, 0.1) is 11.0 Å². The molecule has 104 valence electrons. The van der Waals surface area contributed by atoms with E-state index in [9.17, 15) is 9.90 Å². The Morgan fingerprint density at radius 1 is 1.19 bits per heavy atom. The maximum atomic E-state index is 11.4. The summed E-state index contributed by atoms with van der Waals surface area (Å²) >= 11 is 1.48. The number of fused-ring (bicyclic) bond motifs is 2. The molecule has 0 radical (unpaired) electrons. The fraction of sp³-hybridized carbons (Fsp3) is 0.0667. The molecule has 1 aliphatic rings. The Bertz CT molecular complexity index is 826. The predicted molar refractivity (Wildman–Crippen MR) is 80.2 cm³/mol. The number of aliphatic hydroxyl groups is 1. The van der Waals surface area contributed by atoms with E-state index in [-0.39, 0.29) is 5.91 Å².